The first-order chi connectivity index (χ1) is 15.0. The van der Waals surface area contributed by atoms with Gasteiger partial charge in [-0.15, -0.1) is 11.3 Å². The minimum absolute atomic E-state index is 0.0427. The van der Waals surface area contributed by atoms with Gasteiger partial charge in [-0.05, 0) is 13.3 Å². The van der Waals surface area contributed by atoms with Crippen LogP contribution in [0.25, 0.3) is 0 Å². The Kier molecular flexibility index (Phi) is 6.33. The number of nitrogens with zero attached hydrogens (tertiary/aromatic N) is 6. The van der Waals surface area contributed by atoms with E-state index in [-0.39, 0.29) is 18.3 Å². The maximum atomic E-state index is 13.0. The number of carbonyl (C=O) groups excluding carboxylic acids is 2. The number of rotatable bonds is 2. The summed E-state index contributed by atoms with van der Waals surface area (Å²) < 4.78 is 2.05. The van der Waals surface area contributed by atoms with E-state index in [2.05, 4.69) is 14.9 Å². The van der Waals surface area contributed by atoms with Gasteiger partial charge in [-0.3, -0.25) is 19.3 Å². The number of hydrogen-bond acceptors (Lipinski definition) is 7. The molecule has 31 heavy (non-hydrogen) atoms. The molecule has 1 N–H and O–H groups in total. The molecule has 2 fully saturated rings. The summed E-state index contributed by atoms with van der Waals surface area (Å²) in [6.07, 6.45) is 3.60. The largest absolute Gasteiger partial charge is 0.483 e. The Morgan fingerprint density at radius 2 is 1.97 bits per heavy atom. The van der Waals surface area contributed by atoms with E-state index >= 15 is 0 Å². The lowest BCUT2D eigenvalue weighted by atomic mass is 10.2. The van der Waals surface area contributed by atoms with Gasteiger partial charge in [0.2, 0.25) is 0 Å². The Morgan fingerprint density at radius 1 is 1.16 bits per heavy atom. The lowest BCUT2D eigenvalue weighted by Gasteiger charge is -2.33. The topological polar surface area (TPSA) is 112 Å². The molecule has 3 aliphatic rings. The van der Waals surface area contributed by atoms with Crippen molar-refractivity contribution in [3.8, 4) is 0 Å². The monoisotopic (exact) mass is 446 g/mol. The Labute approximate surface area is 184 Å². The van der Waals surface area contributed by atoms with E-state index < -0.39 is 0 Å². The van der Waals surface area contributed by atoms with Crippen molar-refractivity contribution in [1.82, 2.24) is 29.2 Å². The zero-order valence-electron chi connectivity index (χ0n) is 17.4. The second-order valence-electron chi connectivity index (χ2n) is 7.89. The molecule has 0 radical (unpaired) electrons. The second kappa shape index (κ2) is 9.15. The van der Waals surface area contributed by atoms with E-state index in [1.165, 1.54) is 11.3 Å². The summed E-state index contributed by atoms with van der Waals surface area (Å²) in [5, 5.41) is 6.89. The maximum Gasteiger partial charge on any atom is 0.290 e. The molecule has 2 unspecified atom stereocenters. The summed E-state index contributed by atoms with van der Waals surface area (Å²) in [7, 11) is 0. The molecule has 2 aromatic heterocycles. The van der Waals surface area contributed by atoms with Crippen LogP contribution < -0.4 is 0 Å². The van der Waals surface area contributed by atoms with Crippen molar-refractivity contribution >= 4 is 29.6 Å². The van der Waals surface area contributed by atoms with Crippen LogP contribution in [0.3, 0.4) is 0 Å². The fraction of sp³-hybridized carbons (Fsp3) is 0.550. The quantitative estimate of drug-likeness (QED) is 0.672. The maximum absolute atomic E-state index is 13.0. The SMILES string of the molecule is Cc1ncsc1C(=O)N1CCc2nc(C(=O)N3CCN4CCC3C4)cn2CC1.O=CO. The number of aromatic nitrogens is 3. The van der Waals surface area contributed by atoms with Gasteiger partial charge >= 0.3 is 0 Å². The van der Waals surface area contributed by atoms with Crippen LogP contribution in [-0.2, 0) is 17.8 Å². The van der Waals surface area contributed by atoms with E-state index in [1.54, 1.807) is 5.51 Å². The number of piperazine rings is 1. The van der Waals surface area contributed by atoms with Gasteiger partial charge in [0.1, 0.15) is 16.4 Å². The molecular weight excluding hydrogens is 420 g/mol. The molecule has 10 nitrogen and oxygen atoms in total. The Balaban J connectivity index is 0.000000730. The Bertz CT molecular complexity index is 947. The molecule has 3 aliphatic heterocycles. The van der Waals surface area contributed by atoms with Crippen LogP contribution in [0.5, 0.6) is 0 Å². The molecule has 2 atom stereocenters. The zero-order chi connectivity index (χ0) is 22.0. The molecule has 0 aromatic carbocycles. The first kappa shape index (κ1) is 21.4. The number of imidazole rings is 1. The van der Waals surface area contributed by atoms with Crippen molar-refractivity contribution in [1.29, 1.82) is 0 Å². The summed E-state index contributed by atoms with van der Waals surface area (Å²) >= 11 is 1.39. The lowest BCUT2D eigenvalue weighted by molar-refractivity contribution is -0.122. The van der Waals surface area contributed by atoms with Crippen LogP contribution in [0.15, 0.2) is 11.7 Å². The smallest absolute Gasteiger partial charge is 0.290 e. The van der Waals surface area contributed by atoms with Crippen LogP contribution in [0.2, 0.25) is 0 Å². The van der Waals surface area contributed by atoms with Crippen LogP contribution in [0.1, 0.15) is 38.1 Å². The van der Waals surface area contributed by atoms with Gasteiger partial charge in [0.25, 0.3) is 18.3 Å². The summed E-state index contributed by atoms with van der Waals surface area (Å²) in [5.74, 6) is 0.992. The highest BCUT2D eigenvalue weighted by molar-refractivity contribution is 7.11. The van der Waals surface area contributed by atoms with Gasteiger partial charge in [0, 0.05) is 64.5 Å². The third-order valence-corrected chi connectivity index (χ3v) is 7.04. The molecule has 11 heteroatoms. The van der Waals surface area contributed by atoms with Gasteiger partial charge in [-0.1, -0.05) is 0 Å². The highest BCUT2D eigenvalue weighted by Gasteiger charge is 2.36. The number of aryl methyl sites for hydroxylation is 1. The van der Waals surface area contributed by atoms with Crippen LogP contribution in [0.4, 0.5) is 0 Å². The van der Waals surface area contributed by atoms with Crippen LogP contribution in [-0.4, -0.2) is 97.9 Å². The molecule has 0 saturated carbocycles. The molecular formula is C20H26N6O4S. The van der Waals surface area contributed by atoms with E-state index in [1.807, 2.05) is 27.5 Å². The van der Waals surface area contributed by atoms with E-state index in [0.717, 1.165) is 44.1 Å². The van der Waals surface area contributed by atoms with Crippen molar-refractivity contribution in [2.45, 2.75) is 32.4 Å². The molecule has 5 rings (SSSR count). The van der Waals surface area contributed by atoms with Gasteiger partial charge in [0.05, 0.1) is 11.2 Å². The van der Waals surface area contributed by atoms with Crippen molar-refractivity contribution in [3.63, 3.8) is 0 Å². The fourth-order valence-corrected chi connectivity index (χ4v) is 5.26. The van der Waals surface area contributed by atoms with Crippen molar-refractivity contribution in [3.05, 3.63) is 33.8 Å². The molecule has 2 bridgehead atoms. The highest BCUT2D eigenvalue weighted by atomic mass is 32.1. The average Bonchev–Trinajstić information content (AvgIpc) is 3.44. The number of fused-ring (bicyclic) bond motifs is 3. The van der Waals surface area contributed by atoms with Gasteiger partial charge < -0.3 is 19.5 Å². The first-order valence-electron chi connectivity index (χ1n) is 10.4. The summed E-state index contributed by atoms with van der Waals surface area (Å²) in [6, 6.07) is 0.332. The third kappa shape index (κ3) is 4.33. The third-order valence-electron chi connectivity index (χ3n) is 6.13. The second-order valence-corrected chi connectivity index (χ2v) is 8.75. The molecule has 0 aliphatic carbocycles. The number of hydrogen-bond donors (Lipinski definition) is 1. The summed E-state index contributed by atoms with van der Waals surface area (Å²) in [4.78, 5) is 50.0. The molecule has 5 heterocycles. The minimum atomic E-state index is -0.250. The van der Waals surface area contributed by atoms with Gasteiger partial charge in [-0.2, -0.15) is 0 Å². The predicted molar refractivity (Wildman–Crippen MR) is 113 cm³/mol. The van der Waals surface area contributed by atoms with E-state index in [0.29, 0.717) is 42.7 Å². The Hall–Kier alpha value is -2.79. The van der Waals surface area contributed by atoms with E-state index in [9.17, 15) is 9.59 Å². The molecule has 2 saturated heterocycles. The normalized spacial score (nSPS) is 22.2. The van der Waals surface area contributed by atoms with Gasteiger partial charge in [0.15, 0.2) is 0 Å². The number of amides is 2. The number of carbonyl (C=O) groups is 3. The Morgan fingerprint density at radius 3 is 2.71 bits per heavy atom. The predicted octanol–water partition coefficient (Wildman–Crippen LogP) is 0.577. The van der Waals surface area contributed by atoms with Crippen molar-refractivity contribution < 1.29 is 19.5 Å². The average molecular weight is 447 g/mol. The van der Waals surface area contributed by atoms with Crippen LogP contribution in [0, 0.1) is 6.92 Å². The standard InChI is InChI=1S/C19H24N6O2S.CH2O2/c1-13-17(28-12-20-13)19(27)23-5-3-16-21-15(11-24(16)8-7-23)18(26)25-9-6-22-4-2-14(25)10-22;2-1-3/h11-12,14H,2-10H2,1H3;1H,(H,2,3). The molecule has 2 aromatic rings. The lowest BCUT2D eigenvalue weighted by Crippen LogP contribution is -2.49. The molecule has 0 spiro atoms. The molecule has 2 amide bonds. The molecule has 166 valence electrons. The number of thiazole rings is 1. The first-order valence-corrected chi connectivity index (χ1v) is 11.3. The number of carboxylic acid groups (broad SMARTS) is 1. The zero-order valence-corrected chi connectivity index (χ0v) is 18.3. The highest BCUT2D eigenvalue weighted by Crippen LogP contribution is 2.23. The van der Waals surface area contributed by atoms with Crippen LogP contribution >= 0.6 is 11.3 Å². The summed E-state index contributed by atoms with van der Waals surface area (Å²) in [5.41, 5.74) is 3.05. The fourth-order valence-electron chi connectivity index (χ4n) is 4.50. The van der Waals surface area contributed by atoms with E-state index in [4.69, 9.17) is 9.90 Å². The minimum Gasteiger partial charge on any atom is -0.483 e. The van der Waals surface area contributed by atoms with Crippen molar-refractivity contribution in [2.75, 3.05) is 39.3 Å². The summed E-state index contributed by atoms with van der Waals surface area (Å²) in [6.45, 7) is 7.36. The van der Waals surface area contributed by atoms with Gasteiger partial charge in [-0.25, -0.2) is 9.97 Å². The van der Waals surface area contributed by atoms with Crippen molar-refractivity contribution in [2.24, 2.45) is 0 Å².